The van der Waals surface area contributed by atoms with E-state index < -0.39 is 51.8 Å². The number of carbonyl (C=O) groups is 2. The fourth-order valence-corrected chi connectivity index (χ4v) is 6.77. The van der Waals surface area contributed by atoms with Crippen LogP contribution in [0.15, 0.2) is 48.6 Å². The largest absolute Gasteiger partial charge is 0.472 e. The van der Waals surface area contributed by atoms with Gasteiger partial charge in [-0.2, -0.15) is 0 Å². The number of aliphatic hydroxyl groups excluding tert-OH is 2. The second-order valence-corrected chi connectivity index (χ2v) is 16.5. The number of hydrogen-bond acceptors (Lipinski definition) is 9. The Balaban J connectivity index is 4.31. The molecule has 0 fully saturated rings. The van der Waals surface area contributed by atoms with Crippen molar-refractivity contribution in [1.82, 2.24) is 0 Å². The lowest BCUT2D eigenvalue weighted by Crippen LogP contribution is -2.29. The van der Waals surface area contributed by atoms with Gasteiger partial charge in [0.2, 0.25) is 0 Å². The maximum atomic E-state index is 12.6. The highest BCUT2D eigenvalue weighted by Crippen LogP contribution is 2.43. The summed E-state index contributed by atoms with van der Waals surface area (Å²) in [6.45, 7) is 2.29. The molecule has 0 spiro atoms. The second kappa shape index (κ2) is 42.1. The number of rotatable bonds is 42. The van der Waals surface area contributed by atoms with Crippen molar-refractivity contribution in [3.63, 3.8) is 0 Å². The van der Waals surface area contributed by atoms with Gasteiger partial charge in [0.1, 0.15) is 12.7 Å². The van der Waals surface area contributed by atoms with Crippen molar-refractivity contribution in [1.29, 1.82) is 0 Å². The summed E-state index contributed by atoms with van der Waals surface area (Å²) in [6, 6.07) is 0. The molecular formula is C46H83O10P. The van der Waals surface area contributed by atoms with Crippen LogP contribution in [0.3, 0.4) is 0 Å². The molecule has 0 heterocycles. The van der Waals surface area contributed by atoms with Gasteiger partial charge >= 0.3 is 19.8 Å². The molecule has 0 bridgehead atoms. The number of unbranched alkanes of at least 4 members (excludes halogenated alkanes) is 20. The summed E-state index contributed by atoms with van der Waals surface area (Å²) in [5, 5.41) is 18.3. The first-order valence-electron chi connectivity index (χ1n) is 22.6. The van der Waals surface area contributed by atoms with E-state index in [0.29, 0.717) is 12.8 Å². The quantitative estimate of drug-likeness (QED) is 0.0235. The predicted molar refractivity (Wildman–Crippen MR) is 233 cm³/mol. The van der Waals surface area contributed by atoms with Crippen molar-refractivity contribution in [2.45, 2.75) is 206 Å². The van der Waals surface area contributed by atoms with Crippen LogP contribution in [0.2, 0.25) is 0 Å². The maximum absolute atomic E-state index is 12.6. The number of esters is 2. The lowest BCUT2D eigenvalue weighted by molar-refractivity contribution is -0.161. The molecule has 10 nitrogen and oxygen atoms in total. The van der Waals surface area contributed by atoms with E-state index in [-0.39, 0.29) is 19.4 Å². The third kappa shape index (κ3) is 41.9. The highest BCUT2D eigenvalue weighted by atomic mass is 31.2. The maximum Gasteiger partial charge on any atom is 0.472 e. The Hall–Kier alpha value is -2.07. The number of hydrogen-bond donors (Lipinski definition) is 3. The third-order valence-corrected chi connectivity index (χ3v) is 10.4. The van der Waals surface area contributed by atoms with Crippen LogP contribution < -0.4 is 0 Å². The van der Waals surface area contributed by atoms with Gasteiger partial charge < -0.3 is 24.6 Å². The van der Waals surface area contributed by atoms with E-state index in [2.05, 4.69) is 67.0 Å². The Kier molecular flexibility index (Phi) is 40.5. The van der Waals surface area contributed by atoms with Gasteiger partial charge in [-0.1, -0.05) is 178 Å². The minimum absolute atomic E-state index is 0.147. The minimum Gasteiger partial charge on any atom is -0.462 e. The summed E-state index contributed by atoms with van der Waals surface area (Å²) >= 11 is 0. The van der Waals surface area contributed by atoms with E-state index in [0.717, 1.165) is 64.2 Å². The molecule has 0 saturated carbocycles. The standard InChI is InChI=1S/C46H83O10P/c1-3-5-7-9-11-13-15-17-19-21-23-25-27-29-31-33-35-37-45(49)53-41-44(42-55-57(51,52)54-40-43(48)39-47)56-46(50)38-36-34-32-30-28-26-24-22-20-18-16-14-12-10-8-6-4-2/h8,10,14,16,20,22,26,28,43-44,47-48H,3-7,9,11-13,15,17-19,21,23-25,27,29-42H2,1-2H3,(H,51,52)/b10-8+,16-14+,22-20+,28-26+/t43-,44+/m0/s1. The fraction of sp³-hybridized carbons (Fsp3) is 0.783. The average Bonchev–Trinajstić information content (AvgIpc) is 3.20. The first-order chi connectivity index (χ1) is 27.7. The van der Waals surface area contributed by atoms with Crippen LogP contribution in [0.25, 0.3) is 0 Å². The van der Waals surface area contributed by atoms with Crippen molar-refractivity contribution in [2.24, 2.45) is 0 Å². The summed E-state index contributed by atoms with van der Waals surface area (Å²) in [6.07, 6.45) is 45.0. The molecule has 3 atom stereocenters. The number of ether oxygens (including phenoxy) is 2. The normalized spacial score (nSPS) is 14.3. The zero-order chi connectivity index (χ0) is 41.9. The van der Waals surface area contributed by atoms with Crippen LogP contribution in [0.4, 0.5) is 0 Å². The molecule has 1 unspecified atom stereocenters. The van der Waals surface area contributed by atoms with Gasteiger partial charge in [-0.3, -0.25) is 18.6 Å². The van der Waals surface area contributed by atoms with Crippen LogP contribution >= 0.6 is 7.82 Å². The molecule has 0 aliphatic heterocycles. The lowest BCUT2D eigenvalue weighted by Gasteiger charge is -2.20. The predicted octanol–water partition coefficient (Wildman–Crippen LogP) is 12.1. The number of carbonyl (C=O) groups excluding carboxylic acids is 2. The number of phosphoric acid groups is 1. The van der Waals surface area contributed by atoms with E-state index in [4.69, 9.17) is 19.1 Å². The summed E-state index contributed by atoms with van der Waals surface area (Å²) < 4.78 is 32.7. The van der Waals surface area contributed by atoms with Crippen molar-refractivity contribution in [2.75, 3.05) is 26.4 Å². The number of phosphoric ester groups is 1. The number of allylic oxidation sites excluding steroid dienone is 8. The zero-order valence-electron chi connectivity index (χ0n) is 36.0. The van der Waals surface area contributed by atoms with Crippen LogP contribution in [-0.2, 0) is 32.7 Å². The van der Waals surface area contributed by atoms with Crippen LogP contribution in [0, 0.1) is 0 Å². The smallest absolute Gasteiger partial charge is 0.462 e. The van der Waals surface area contributed by atoms with E-state index in [1.54, 1.807) is 0 Å². The van der Waals surface area contributed by atoms with E-state index in [9.17, 15) is 24.2 Å². The van der Waals surface area contributed by atoms with Crippen LogP contribution in [-0.4, -0.2) is 65.7 Å². The summed E-state index contributed by atoms with van der Waals surface area (Å²) in [5.74, 6) is -0.957. The average molecular weight is 827 g/mol. The SMILES string of the molecule is CCC/C=C/C/C=C/C/C=C/C/C=C/CCCCCC(=O)O[C@H](COC(=O)CCCCCCCCCCCCCCCCCCC)COP(=O)(O)OC[C@@H](O)CO. The molecular weight excluding hydrogens is 743 g/mol. The second-order valence-electron chi connectivity index (χ2n) is 15.1. The fourth-order valence-electron chi connectivity index (χ4n) is 5.98. The zero-order valence-corrected chi connectivity index (χ0v) is 36.9. The molecule has 57 heavy (non-hydrogen) atoms. The van der Waals surface area contributed by atoms with Crippen molar-refractivity contribution >= 4 is 19.8 Å². The summed E-state index contributed by atoms with van der Waals surface area (Å²) in [5.41, 5.74) is 0. The Bertz CT molecular complexity index is 1090. The molecule has 3 N–H and O–H groups in total. The molecule has 0 aromatic heterocycles. The Morgan fingerprint density at radius 1 is 0.526 bits per heavy atom. The van der Waals surface area contributed by atoms with E-state index in [1.807, 2.05) is 0 Å². The van der Waals surface area contributed by atoms with Gasteiger partial charge in [0.25, 0.3) is 0 Å². The molecule has 0 aliphatic carbocycles. The van der Waals surface area contributed by atoms with E-state index >= 15 is 0 Å². The highest BCUT2D eigenvalue weighted by Gasteiger charge is 2.27. The molecule has 0 rings (SSSR count). The highest BCUT2D eigenvalue weighted by molar-refractivity contribution is 7.47. The summed E-state index contributed by atoms with van der Waals surface area (Å²) in [4.78, 5) is 35.0. The molecule has 0 saturated heterocycles. The molecule has 0 amide bonds. The lowest BCUT2D eigenvalue weighted by atomic mass is 10.0. The van der Waals surface area contributed by atoms with Gasteiger partial charge in [-0.25, -0.2) is 4.57 Å². The molecule has 0 aromatic carbocycles. The third-order valence-electron chi connectivity index (χ3n) is 9.47. The van der Waals surface area contributed by atoms with Crippen molar-refractivity contribution in [3.8, 4) is 0 Å². The molecule has 332 valence electrons. The minimum atomic E-state index is -4.63. The summed E-state index contributed by atoms with van der Waals surface area (Å²) in [7, 11) is -4.63. The monoisotopic (exact) mass is 827 g/mol. The Morgan fingerprint density at radius 2 is 0.947 bits per heavy atom. The molecule has 0 aliphatic rings. The Morgan fingerprint density at radius 3 is 1.44 bits per heavy atom. The Labute approximate surface area is 347 Å². The molecule has 11 heteroatoms. The van der Waals surface area contributed by atoms with Gasteiger partial charge in [-0.05, 0) is 51.4 Å². The van der Waals surface area contributed by atoms with Gasteiger partial charge in [-0.15, -0.1) is 0 Å². The van der Waals surface area contributed by atoms with Gasteiger partial charge in [0.05, 0.1) is 19.8 Å². The van der Waals surface area contributed by atoms with Crippen LogP contribution in [0.5, 0.6) is 0 Å². The first-order valence-corrected chi connectivity index (χ1v) is 24.1. The number of aliphatic hydroxyl groups is 2. The molecule has 0 aromatic rings. The van der Waals surface area contributed by atoms with E-state index in [1.165, 1.54) is 89.9 Å². The van der Waals surface area contributed by atoms with Crippen LogP contribution in [0.1, 0.15) is 194 Å². The van der Waals surface area contributed by atoms with Crippen molar-refractivity contribution in [3.05, 3.63) is 48.6 Å². The van der Waals surface area contributed by atoms with Gasteiger partial charge in [0.15, 0.2) is 6.10 Å². The molecule has 0 radical (unpaired) electrons. The van der Waals surface area contributed by atoms with Gasteiger partial charge in [0, 0.05) is 12.8 Å². The first kappa shape index (κ1) is 54.9. The van der Waals surface area contributed by atoms with Crippen molar-refractivity contribution < 1.29 is 47.8 Å². The topological polar surface area (TPSA) is 149 Å².